The normalized spacial score (nSPS) is 15.7. The van der Waals surface area contributed by atoms with E-state index in [-0.39, 0.29) is 24.5 Å². The van der Waals surface area contributed by atoms with E-state index in [1.54, 1.807) is 21.9 Å². The van der Waals surface area contributed by atoms with Gasteiger partial charge in [0.25, 0.3) is 11.4 Å². The molecule has 0 amide bonds. The summed E-state index contributed by atoms with van der Waals surface area (Å²) in [7, 11) is 5.98. The van der Waals surface area contributed by atoms with Crippen LogP contribution < -0.4 is 4.90 Å². The number of ether oxygens (including phenoxy) is 4. The summed E-state index contributed by atoms with van der Waals surface area (Å²) >= 11 is 0. The van der Waals surface area contributed by atoms with Crippen molar-refractivity contribution in [3.63, 3.8) is 0 Å². The first-order valence-corrected chi connectivity index (χ1v) is 10.6. The Morgan fingerprint density at radius 2 is 1.28 bits per heavy atom. The molecule has 0 N–H and O–H groups in total. The molecule has 2 aromatic rings. The molecule has 1 saturated heterocycles. The molecule has 0 radical (unpaired) electrons. The van der Waals surface area contributed by atoms with Gasteiger partial charge < -0.3 is 18.9 Å². The zero-order chi connectivity index (χ0) is 26.2. The third-order valence-electron chi connectivity index (χ3n) is 5.26. The van der Waals surface area contributed by atoms with E-state index in [1.165, 1.54) is 64.8 Å². The molecule has 0 saturated carbocycles. The number of hydrogen-bond acceptors (Lipinski definition) is 10. The minimum absolute atomic E-state index is 0.0668. The predicted molar refractivity (Wildman–Crippen MR) is 130 cm³/mol. The van der Waals surface area contributed by atoms with Crippen molar-refractivity contribution >= 4 is 34.7 Å². The van der Waals surface area contributed by atoms with Crippen LogP contribution in [0.1, 0.15) is 0 Å². The maximum Gasteiger partial charge on any atom is 0.269 e. The molecule has 1 fully saturated rings. The van der Waals surface area contributed by atoms with Gasteiger partial charge >= 0.3 is 0 Å². The molecule has 1 heterocycles. The van der Waals surface area contributed by atoms with Crippen molar-refractivity contribution in [2.75, 3.05) is 46.4 Å². The van der Waals surface area contributed by atoms with E-state index in [0.717, 1.165) is 0 Å². The van der Waals surface area contributed by atoms with Crippen molar-refractivity contribution in [3.8, 4) is 0 Å². The number of nitro benzene ring substituents is 2. The van der Waals surface area contributed by atoms with Gasteiger partial charge in [0, 0.05) is 52.7 Å². The molecule has 0 bridgehead atoms. The highest BCUT2D eigenvalue weighted by atomic mass is 16.7. The number of nitrogens with zero attached hydrogens (tertiary/aromatic N) is 6. The summed E-state index contributed by atoms with van der Waals surface area (Å²) in [6, 6.07) is 11.6. The van der Waals surface area contributed by atoms with Gasteiger partial charge in [-0.3, -0.25) is 25.1 Å². The third kappa shape index (κ3) is 5.98. The van der Waals surface area contributed by atoms with Gasteiger partial charge in [0.1, 0.15) is 0 Å². The minimum Gasteiger partial charge on any atom is -0.354 e. The molecule has 14 nitrogen and oxygen atoms in total. The van der Waals surface area contributed by atoms with Crippen molar-refractivity contribution < 1.29 is 28.8 Å². The molecule has 3 rings (SSSR count). The third-order valence-corrected chi connectivity index (χ3v) is 5.26. The monoisotopic (exact) mass is 502 g/mol. The smallest absolute Gasteiger partial charge is 0.269 e. The maximum absolute atomic E-state index is 11.1. The summed E-state index contributed by atoms with van der Waals surface area (Å²) in [5, 5.41) is 22.1. The van der Waals surface area contributed by atoms with Gasteiger partial charge in [-0.25, -0.2) is 14.9 Å². The summed E-state index contributed by atoms with van der Waals surface area (Å²) in [4.78, 5) is 33.9. The fraction of sp³-hybridized carbons (Fsp3) is 0.364. The van der Waals surface area contributed by atoms with E-state index in [9.17, 15) is 20.2 Å². The average Bonchev–Trinajstić information content (AvgIpc) is 2.88. The van der Waals surface area contributed by atoms with Crippen LogP contribution in [-0.2, 0) is 18.9 Å². The Morgan fingerprint density at radius 1 is 0.778 bits per heavy atom. The number of hydrogen-bond donors (Lipinski definition) is 0. The lowest BCUT2D eigenvalue weighted by molar-refractivity contribution is -0.385. The molecule has 14 heteroatoms. The zero-order valence-electron chi connectivity index (χ0n) is 20.1. The van der Waals surface area contributed by atoms with E-state index >= 15 is 0 Å². The van der Waals surface area contributed by atoms with Crippen molar-refractivity contribution in [2.24, 2.45) is 9.98 Å². The molecular formula is C22H26N6O8. The second-order valence-electron chi connectivity index (χ2n) is 7.35. The zero-order valence-corrected chi connectivity index (χ0v) is 20.1. The Balaban J connectivity index is 2.07. The highest BCUT2D eigenvalue weighted by molar-refractivity contribution is 6.32. The first-order valence-electron chi connectivity index (χ1n) is 10.6. The standard InChI is InChI=1S/C22H26N6O8/c1-33-19(34-2)13-23-21-25(14-20(35-3)36-4)22(24-15-5-7-17(8-6-15)27(29)30)26(21)16-9-11-18(12-10-16)28(31)32/h5-12,19-20H,13-14H2,1-4H3. The Bertz CT molecular complexity index is 1110. The first-order chi connectivity index (χ1) is 17.3. The number of guanidine groups is 2. The van der Waals surface area contributed by atoms with Crippen LogP contribution in [0.5, 0.6) is 0 Å². The highest BCUT2D eigenvalue weighted by Gasteiger charge is 2.42. The van der Waals surface area contributed by atoms with Gasteiger partial charge in [0.05, 0.1) is 34.3 Å². The summed E-state index contributed by atoms with van der Waals surface area (Å²) in [5.41, 5.74) is 0.877. The number of nitro groups is 2. The van der Waals surface area contributed by atoms with Crippen LogP contribution in [0.4, 0.5) is 22.7 Å². The lowest BCUT2D eigenvalue weighted by Crippen LogP contribution is -2.67. The highest BCUT2D eigenvalue weighted by Crippen LogP contribution is 2.30. The SMILES string of the molecule is COC(CN=C1N(CC(OC)OC)C(=Nc2ccc([N+](=O)[O-])cc2)N1c1ccc([N+](=O)[O-])cc1)OC. The van der Waals surface area contributed by atoms with E-state index in [4.69, 9.17) is 18.9 Å². The van der Waals surface area contributed by atoms with Crippen LogP contribution in [-0.4, -0.2) is 80.8 Å². The van der Waals surface area contributed by atoms with Gasteiger partial charge in [0.2, 0.25) is 11.9 Å². The summed E-state index contributed by atoms with van der Waals surface area (Å²) in [6.45, 7) is 0.365. The number of methoxy groups -OCH3 is 4. The Labute approximate surface area is 206 Å². The van der Waals surface area contributed by atoms with Crippen molar-refractivity contribution in [1.82, 2.24) is 4.90 Å². The van der Waals surface area contributed by atoms with Crippen molar-refractivity contribution in [1.29, 1.82) is 0 Å². The molecule has 0 aromatic heterocycles. The second kappa shape index (κ2) is 12.1. The minimum atomic E-state index is -0.628. The second-order valence-corrected chi connectivity index (χ2v) is 7.35. The predicted octanol–water partition coefficient (Wildman–Crippen LogP) is 2.91. The van der Waals surface area contributed by atoms with Crippen molar-refractivity contribution in [2.45, 2.75) is 12.6 Å². The van der Waals surface area contributed by atoms with Crippen LogP contribution in [0.15, 0.2) is 58.5 Å². The molecule has 0 spiro atoms. The molecule has 1 aliphatic heterocycles. The number of benzene rings is 2. The fourth-order valence-corrected chi connectivity index (χ4v) is 3.32. The number of non-ortho nitro benzene ring substituents is 2. The van der Waals surface area contributed by atoms with Crippen LogP contribution in [0.2, 0.25) is 0 Å². The van der Waals surface area contributed by atoms with Gasteiger partial charge in [-0.1, -0.05) is 0 Å². The van der Waals surface area contributed by atoms with Gasteiger partial charge in [-0.05, 0) is 24.3 Å². The van der Waals surface area contributed by atoms with E-state index < -0.39 is 22.4 Å². The van der Waals surface area contributed by atoms with Crippen LogP contribution in [0.3, 0.4) is 0 Å². The summed E-state index contributed by atoms with van der Waals surface area (Å²) in [5.74, 6) is 0.852. The molecular weight excluding hydrogens is 476 g/mol. The maximum atomic E-state index is 11.1. The topological polar surface area (TPSA) is 154 Å². The Kier molecular flexibility index (Phi) is 8.97. The van der Waals surface area contributed by atoms with Crippen LogP contribution in [0, 0.1) is 20.2 Å². The molecule has 1 aliphatic rings. The molecule has 0 atom stereocenters. The first kappa shape index (κ1) is 26.6. The van der Waals surface area contributed by atoms with Crippen LogP contribution in [0.25, 0.3) is 0 Å². The fourth-order valence-electron chi connectivity index (χ4n) is 3.32. The number of aliphatic imine (C=N–C) groups is 2. The number of anilines is 1. The summed E-state index contributed by atoms with van der Waals surface area (Å²) < 4.78 is 21.2. The van der Waals surface area contributed by atoms with E-state index in [1.807, 2.05) is 0 Å². The van der Waals surface area contributed by atoms with Crippen molar-refractivity contribution in [3.05, 3.63) is 68.8 Å². The van der Waals surface area contributed by atoms with E-state index in [2.05, 4.69) is 9.98 Å². The lowest BCUT2D eigenvalue weighted by Gasteiger charge is -2.47. The molecule has 36 heavy (non-hydrogen) atoms. The van der Waals surface area contributed by atoms with Gasteiger partial charge in [0.15, 0.2) is 12.6 Å². The summed E-state index contributed by atoms with van der Waals surface area (Å²) in [6.07, 6.45) is -1.23. The molecule has 2 aromatic carbocycles. The van der Waals surface area contributed by atoms with Gasteiger partial charge in [-0.15, -0.1) is 0 Å². The average molecular weight is 502 g/mol. The quantitative estimate of drug-likeness (QED) is 0.240. The largest absolute Gasteiger partial charge is 0.354 e. The molecule has 0 unspecified atom stereocenters. The molecule has 0 aliphatic carbocycles. The molecule has 192 valence electrons. The van der Waals surface area contributed by atoms with E-state index in [0.29, 0.717) is 23.3 Å². The Hall–Kier alpha value is -3.98. The Morgan fingerprint density at radius 3 is 1.75 bits per heavy atom. The van der Waals surface area contributed by atoms with Crippen LogP contribution >= 0.6 is 0 Å². The lowest BCUT2D eigenvalue weighted by atomic mass is 10.2. The number of rotatable bonds is 12. The van der Waals surface area contributed by atoms with Gasteiger partial charge in [-0.2, -0.15) is 0 Å².